The molecule has 19 heavy (non-hydrogen) atoms. The Balaban J connectivity index is 2.34. The first-order valence-electron chi connectivity index (χ1n) is 6.04. The summed E-state index contributed by atoms with van der Waals surface area (Å²) >= 11 is 6.05. The Morgan fingerprint density at radius 2 is 2.11 bits per heavy atom. The fourth-order valence-corrected chi connectivity index (χ4v) is 1.77. The Morgan fingerprint density at radius 3 is 2.79 bits per heavy atom. The fraction of sp³-hybridized carbons (Fsp3) is 0.286. The van der Waals surface area contributed by atoms with Gasteiger partial charge in [-0.1, -0.05) is 30.7 Å². The molecule has 0 aliphatic heterocycles. The van der Waals surface area contributed by atoms with Gasteiger partial charge in [-0.2, -0.15) is 4.98 Å². The Kier molecular flexibility index (Phi) is 4.35. The predicted molar refractivity (Wildman–Crippen MR) is 73.6 cm³/mol. The van der Waals surface area contributed by atoms with E-state index in [1.807, 2.05) is 26.0 Å². The van der Waals surface area contributed by atoms with Gasteiger partial charge in [0.1, 0.15) is 16.7 Å². The van der Waals surface area contributed by atoms with Crippen LogP contribution in [-0.2, 0) is 13.0 Å². The van der Waals surface area contributed by atoms with E-state index in [-0.39, 0.29) is 6.61 Å². The summed E-state index contributed by atoms with van der Waals surface area (Å²) < 4.78 is 5.73. The summed E-state index contributed by atoms with van der Waals surface area (Å²) in [6.07, 6.45) is 0.688. The number of benzene rings is 1. The Hall–Kier alpha value is -1.65. The molecule has 0 radical (unpaired) electrons. The van der Waals surface area contributed by atoms with E-state index in [0.717, 1.165) is 5.56 Å². The van der Waals surface area contributed by atoms with Crippen LogP contribution in [-0.4, -0.2) is 15.1 Å². The molecule has 0 fully saturated rings. The summed E-state index contributed by atoms with van der Waals surface area (Å²) in [5.74, 6) is 1.71. The van der Waals surface area contributed by atoms with Gasteiger partial charge in [-0.15, -0.1) is 0 Å². The number of rotatable bonds is 4. The molecule has 100 valence electrons. The number of aryl methyl sites for hydroxylation is 1. The number of aromatic nitrogens is 2. The maximum atomic E-state index is 9.11. The number of hydrogen-bond acceptors (Lipinski definition) is 4. The van der Waals surface area contributed by atoms with Crippen molar-refractivity contribution in [3.63, 3.8) is 0 Å². The first-order valence-corrected chi connectivity index (χ1v) is 6.42. The molecule has 0 aliphatic rings. The van der Waals surface area contributed by atoms with E-state index < -0.39 is 0 Å². The van der Waals surface area contributed by atoms with E-state index in [9.17, 15) is 0 Å². The zero-order valence-electron chi connectivity index (χ0n) is 10.9. The molecule has 1 aromatic heterocycles. The number of aliphatic hydroxyl groups is 1. The van der Waals surface area contributed by atoms with Crippen LogP contribution >= 0.6 is 11.6 Å². The van der Waals surface area contributed by atoms with Crippen molar-refractivity contribution in [1.82, 2.24) is 9.97 Å². The lowest BCUT2D eigenvalue weighted by molar-refractivity contribution is 0.281. The summed E-state index contributed by atoms with van der Waals surface area (Å²) in [5.41, 5.74) is 1.49. The third-order valence-corrected chi connectivity index (χ3v) is 3.07. The summed E-state index contributed by atoms with van der Waals surface area (Å²) in [6, 6.07) is 7.21. The molecular formula is C14H15ClN2O2. The molecule has 0 atom stereocenters. The summed E-state index contributed by atoms with van der Waals surface area (Å²) in [6.45, 7) is 3.74. The van der Waals surface area contributed by atoms with Crippen LogP contribution in [0.4, 0.5) is 0 Å². The molecule has 0 aliphatic carbocycles. The molecule has 0 saturated heterocycles. The molecule has 0 saturated carbocycles. The smallest absolute Gasteiger partial charge is 0.226 e. The minimum Gasteiger partial charge on any atom is -0.439 e. The van der Waals surface area contributed by atoms with Crippen LogP contribution < -0.4 is 4.74 Å². The van der Waals surface area contributed by atoms with Gasteiger partial charge in [-0.25, -0.2) is 4.98 Å². The summed E-state index contributed by atoms with van der Waals surface area (Å²) in [7, 11) is 0. The minimum absolute atomic E-state index is 0.0269. The lowest BCUT2D eigenvalue weighted by Crippen LogP contribution is -2.00. The van der Waals surface area contributed by atoms with E-state index in [0.29, 0.717) is 34.6 Å². The van der Waals surface area contributed by atoms with Crippen molar-refractivity contribution in [3.8, 4) is 11.6 Å². The highest BCUT2D eigenvalue weighted by atomic mass is 35.5. The molecule has 2 aromatic rings. The number of aliphatic hydroxyl groups excluding tert-OH is 1. The molecule has 0 spiro atoms. The van der Waals surface area contributed by atoms with Crippen molar-refractivity contribution in [2.24, 2.45) is 0 Å². The number of halogens is 1. The highest BCUT2D eigenvalue weighted by molar-refractivity contribution is 6.30. The molecule has 1 heterocycles. The van der Waals surface area contributed by atoms with Crippen LogP contribution in [0.15, 0.2) is 24.3 Å². The number of ether oxygens (including phenoxy) is 1. The van der Waals surface area contributed by atoms with Crippen LogP contribution in [0.2, 0.25) is 5.15 Å². The highest BCUT2D eigenvalue weighted by Crippen LogP contribution is 2.27. The standard InChI is InChI=1S/C14H15ClN2O2/c1-3-12-16-13(15)9(2)14(17-12)19-11-6-4-5-10(7-11)8-18/h4-7,18H,3,8H2,1-2H3. The van der Waals surface area contributed by atoms with Crippen molar-refractivity contribution in [2.45, 2.75) is 26.9 Å². The van der Waals surface area contributed by atoms with Gasteiger partial charge in [-0.05, 0) is 24.6 Å². The van der Waals surface area contributed by atoms with Gasteiger partial charge in [0, 0.05) is 12.0 Å². The van der Waals surface area contributed by atoms with Gasteiger partial charge in [0.2, 0.25) is 5.88 Å². The average molecular weight is 279 g/mol. The van der Waals surface area contributed by atoms with Crippen LogP contribution in [0.3, 0.4) is 0 Å². The lowest BCUT2D eigenvalue weighted by atomic mass is 10.2. The molecule has 5 heteroatoms. The monoisotopic (exact) mass is 278 g/mol. The van der Waals surface area contributed by atoms with Crippen LogP contribution in [0.25, 0.3) is 0 Å². The average Bonchev–Trinajstić information content (AvgIpc) is 2.43. The molecule has 0 unspecified atom stereocenters. The largest absolute Gasteiger partial charge is 0.439 e. The molecule has 1 aromatic carbocycles. The third kappa shape index (κ3) is 3.22. The zero-order chi connectivity index (χ0) is 13.8. The quantitative estimate of drug-likeness (QED) is 0.872. The second kappa shape index (κ2) is 5.99. The third-order valence-electron chi connectivity index (χ3n) is 2.70. The van der Waals surface area contributed by atoms with Crippen molar-refractivity contribution in [3.05, 3.63) is 46.4 Å². The lowest BCUT2D eigenvalue weighted by Gasteiger charge is -2.10. The first kappa shape index (κ1) is 13.8. The molecular weight excluding hydrogens is 264 g/mol. The Labute approximate surface area is 117 Å². The molecule has 1 N–H and O–H groups in total. The maximum absolute atomic E-state index is 9.11. The van der Waals surface area contributed by atoms with Crippen LogP contribution in [0.5, 0.6) is 11.6 Å². The molecule has 4 nitrogen and oxygen atoms in total. The summed E-state index contributed by atoms with van der Waals surface area (Å²) in [5, 5.41) is 9.51. The van der Waals surface area contributed by atoms with Gasteiger partial charge in [0.25, 0.3) is 0 Å². The van der Waals surface area contributed by atoms with Crippen molar-refractivity contribution < 1.29 is 9.84 Å². The van der Waals surface area contributed by atoms with E-state index in [1.54, 1.807) is 12.1 Å². The highest BCUT2D eigenvalue weighted by Gasteiger charge is 2.10. The van der Waals surface area contributed by atoms with Crippen LogP contribution in [0, 0.1) is 6.92 Å². The SMILES string of the molecule is CCc1nc(Cl)c(C)c(Oc2cccc(CO)c2)n1. The topological polar surface area (TPSA) is 55.2 Å². The van der Waals surface area contributed by atoms with Gasteiger partial charge in [-0.3, -0.25) is 0 Å². The van der Waals surface area contributed by atoms with E-state index in [1.165, 1.54) is 0 Å². The number of nitrogens with zero attached hydrogens (tertiary/aromatic N) is 2. The number of hydrogen-bond donors (Lipinski definition) is 1. The van der Waals surface area contributed by atoms with Crippen molar-refractivity contribution in [1.29, 1.82) is 0 Å². The van der Waals surface area contributed by atoms with Gasteiger partial charge in [0.15, 0.2) is 0 Å². The maximum Gasteiger partial charge on any atom is 0.226 e. The van der Waals surface area contributed by atoms with Crippen molar-refractivity contribution >= 4 is 11.6 Å². The predicted octanol–water partition coefficient (Wildman–Crippen LogP) is 3.29. The second-order valence-electron chi connectivity index (χ2n) is 4.12. The first-order chi connectivity index (χ1) is 9.13. The van der Waals surface area contributed by atoms with E-state index in [2.05, 4.69) is 9.97 Å². The fourth-order valence-electron chi connectivity index (χ4n) is 1.59. The van der Waals surface area contributed by atoms with Crippen LogP contribution in [0.1, 0.15) is 23.9 Å². The summed E-state index contributed by atoms with van der Waals surface area (Å²) in [4.78, 5) is 8.48. The Morgan fingerprint density at radius 1 is 1.32 bits per heavy atom. The minimum atomic E-state index is -0.0269. The Bertz CT molecular complexity index is 588. The zero-order valence-corrected chi connectivity index (χ0v) is 11.6. The van der Waals surface area contributed by atoms with Crippen molar-refractivity contribution in [2.75, 3.05) is 0 Å². The normalized spacial score (nSPS) is 10.5. The molecule has 2 rings (SSSR count). The van der Waals surface area contributed by atoms with E-state index >= 15 is 0 Å². The van der Waals surface area contributed by atoms with Gasteiger partial charge >= 0.3 is 0 Å². The molecule has 0 amide bonds. The van der Waals surface area contributed by atoms with Gasteiger partial charge in [0.05, 0.1) is 6.61 Å². The second-order valence-corrected chi connectivity index (χ2v) is 4.48. The van der Waals surface area contributed by atoms with Gasteiger partial charge < -0.3 is 9.84 Å². The molecule has 0 bridgehead atoms. The van der Waals surface area contributed by atoms with E-state index in [4.69, 9.17) is 21.4 Å².